The van der Waals surface area contributed by atoms with E-state index in [2.05, 4.69) is 0 Å². The van der Waals surface area contributed by atoms with Crippen LogP contribution in [0.1, 0.15) is 11.8 Å². The zero-order valence-electron chi connectivity index (χ0n) is 9.63. The van der Waals surface area contributed by atoms with E-state index in [-0.39, 0.29) is 6.04 Å². The maximum absolute atomic E-state index is 12.4. The van der Waals surface area contributed by atoms with E-state index in [4.69, 9.17) is 10.5 Å². The normalized spacial score (nSPS) is 22.8. The predicted molar refractivity (Wildman–Crippen MR) is 66.4 cm³/mol. The van der Waals surface area contributed by atoms with Crippen LogP contribution in [0.25, 0.3) is 0 Å². The van der Waals surface area contributed by atoms with Gasteiger partial charge in [-0.15, -0.1) is 11.3 Å². The van der Waals surface area contributed by atoms with Gasteiger partial charge in [0, 0.05) is 24.0 Å². The summed E-state index contributed by atoms with van der Waals surface area (Å²) in [6, 6.07) is 3.28. The van der Waals surface area contributed by atoms with Gasteiger partial charge in [0.2, 0.25) is 0 Å². The molecule has 0 amide bonds. The molecule has 1 saturated heterocycles. The van der Waals surface area contributed by atoms with Crippen LogP contribution in [-0.2, 0) is 21.3 Å². The number of nitrogens with zero attached hydrogens (tertiary/aromatic N) is 1. The molecule has 1 aromatic rings. The molecule has 1 aromatic heterocycles. The van der Waals surface area contributed by atoms with Crippen molar-refractivity contribution < 1.29 is 13.2 Å². The second-order valence-electron chi connectivity index (χ2n) is 3.96. The topological polar surface area (TPSA) is 72.6 Å². The van der Waals surface area contributed by atoms with Crippen LogP contribution in [0.15, 0.2) is 16.3 Å². The van der Waals surface area contributed by atoms with Crippen molar-refractivity contribution in [1.82, 2.24) is 4.31 Å². The highest BCUT2D eigenvalue weighted by molar-refractivity contribution is 7.91. The molecule has 96 valence electrons. The Balaban J connectivity index is 2.28. The molecule has 1 aliphatic rings. The lowest BCUT2D eigenvalue weighted by molar-refractivity contribution is 0.0393. The number of nitrogens with two attached hydrogens (primary N) is 1. The second-order valence-corrected chi connectivity index (χ2v) is 7.25. The lowest BCUT2D eigenvalue weighted by atomic mass is 10.3. The monoisotopic (exact) mass is 276 g/mol. The highest BCUT2D eigenvalue weighted by Gasteiger charge is 2.32. The fourth-order valence-corrected chi connectivity index (χ4v) is 4.76. The maximum atomic E-state index is 12.4. The van der Waals surface area contributed by atoms with Gasteiger partial charge >= 0.3 is 0 Å². The minimum atomic E-state index is -3.38. The van der Waals surface area contributed by atoms with Gasteiger partial charge in [0.05, 0.1) is 13.2 Å². The van der Waals surface area contributed by atoms with Crippen LogP contribution < -0.4 is 5.73 Å². The average molecular weight is 276 g/mol. The highest BCUT2D eigenvalue weighted by Crippen LogP contribution is 2.26. The number of hydrogen-bond donors (Lipinski definition) is 1. The lowest BCUT2D eigenvalue weighted by Crippen LogP contribution is -2.46. The van der Waals surface area contributed by atoms with Crippen molar-refractivity contribution in [3.8, 4) is 0 Å². The van der Waals surface area contributed by atoms with E-state index in [0.717, 1.165) is 4.88 Å². The fourth-order valence-electron chi connectivity index (χ4n) is 1.79. The molecule has 2 heterocycles. The van der Waals surface area contributed by atoms with Gasteiger partial charge in [0.25, 0.3) is 10.0 Å². The third-order valence-corrected chi connectivity index (χ3v) is 6.30. The molecule has 0 aliphatic carbocycles. The quantitative estimate of drug-likeness (QED) is 0.878. The zero-order valence-corrected chi connectivity index (χ0v) is 11.3. The number of rotatable bonds is 3. The Morgan fingerprint density at radius 3 is 2.94 bits per heavy atom. The number of sulfonamides is 1. The van der Waals surface area contributed by atoms with Crippen LogP contribution in [0, 0.1) is 0 Å². The molecule has 1 fully saturated rings. The van der Waals surface area contributed by atoms with Crippen LogP contribution in [0.2, 0.25) is 0 Å². The van der Waals surface area contributed by atoms with Gasteiger partial charge < -0.3 is 10.5 Å². The van der Waals surface area contributed by atoms with E-state index < -0.39 is 10.0 Å². The van der Waals surface area contributed by atoms with Crippen LogP contribution >= 0.6 is 11.3 Å². The number of morpholine rings is 1. The summed E-state index contributed by atoms with van der Waals surface area (Å²) >= 11 is 1.24. The van der Waals surface area contributed by atoms with E-state index >= 15 is 0 Å². The zero-order chi connectivity index (χ0) is 12.5. The maximum Gasteiger partial charge on any atom is 0.252 e. The third kappa shape index (κ3) is 2.53. The molecule has 0 aromatic carbocycles. The van der Waals surface area contributed by atoms with E-state index in [9.17, 15) is 8.42 Å². The molecule has 1 atom stereocenters. The van der Waals surface area contributed by atoms with Gasteiger partial charge in [0.1, 0.15) is 4.21 Å². The summed E-state index contributed by atoms with van der Waals surface area (Å²) in [5, 5.41) is 0. The summed E-state index contributed by atoms with van der Waals surface area (Å²) in [7, 11) is -3.38. The molecule has 1 unspecified atom stereocenters. The first-order chi connectivity index (χ1) is 8.05. The SMILES string of the molecule is CC1COCCN1S(=O)(=O)c1ccc(CN)s1. The van der Waals surface area contributed by atoms with Gasteiger partial charge in [0.15, 0.2) is 0 Å². The van der Waals surface area contributed by atoms with E-state index in [1.807, 2.05) is 6.92 Å². The van der Waals surface area contributed by atoms with Gasteiger partial charge in [-0.05, 0) is 19.1 Å². The van der Waals surface area contributed by atoms with E-state index in [1.54, 1.807) is 12.1 Å². The van der Waals surface area contributed by atoms with Gasteiger partial charge in [-0.1, -0.05) is 0 Å². The standard InChI is InChI=1S/C10H16N2O3S2/c1-8-7-15-5-4-12(8)17(13,14)10-3-2-9(6-11)16-10/h2-3,8H,4-7,11H2,1H3. The van der Waals surface area contributed by atoms with Gasteiger partial charge in [-0.2, -0.15) is 4.31 Å². The number of hydrogen-bond acceptors (Lipinski definition) is 5. The van der Waals surface area contributed by atoms with Crippen molar-refractivity contribution in [3.05, 3.63) is 17.0 Å². The molecule has 0 radical (unpaired) electrons. The van der Waals surface area contributed by atoms with Gasteiger partial charge in [-0.3, -0.25) is 0 Å². The number of thiophene rings is 1. The molecule has 17 heavy (non-hydrogen) atoms. The minimum Gasteiger partial charge on any atom is -0.378 e. The summed E-state index contributed by atoms with van der Waals surface area (Å²) in [4.78, 5) is 0.879. The fraction of sp³-hybridized carbons (Fsp3) is 0.600. The third-order valence-electron chi connectivity index (χ3n) is 2.71. The van der Waals surface area contributed by atoms with E-state index in [1.165, 1.54) is 15.6 Å². The number of ether oxygens (including phenoxy) is 1. The predicted octanol–water partition coefficient (Wildman–Crippen LogP) is 0.616. The van der Waals surface area contributed by atoms with Crippen LogP contribution in [-0.4, -0.2) is 38.5 Å². The summed E-state index contributed by atoms with van der Waals surface area (Å²) in [6.45, 7) is 3.55. The molecule has 7 heteroatoms. The molecular formula is C10H16N2O3S2. The van der Waals surface area contributed by atoms with Crippen molar-refractivity contribution in [2.45, 2.75) is 23.7 Å². The molecule has 0 saturated carbocycles. The van der Waals surface area contributed by atoms with Gasteiger partial charge in [-0.25, -0.2) is 8.42 Å². The molecular weight excluding hydrogens is 260 g/mol. The Bertz CT molecular complexity index is 483. The Kier molecular flexibility index (Phi) is 3.84. The smallest absolute Gasteiger partial charge is 0.252 e. The Morgan fingerprint density at radius 2 is 2.35 bits per heavy atom. The molecule has 5 nitrogen and oxygen atoms in total. The van der Waals surface area contributed by atoms with Crippen LogP contribution in [0.5, 0.6) is 0 Å². The summed E-state index contributed by atoms with van der Waals surface area (Å²) < 4.78 is 31.9. The largest absolute Gasteiger partial charge is 0.378 e. The Morgan fingerprint density at radius 1 is 1.59 bits per heavy atom. The molecule has 2 N–H and O–H groups in total. The minimum absolute atomic E-state index is 0.114. The highest BCUT2D eigenvalue weighted by atomic mass is 32.2. The Labute approximate surface area is 105 Å². The first-order valence-corrected chi connectivity index (χ1v) is 7.69. The summed E-state index contributed by atoms with van der Waals surface area (Å²) in [6.07, 6.45) is 0. The van der Waals surface area contributed by atoms with Crippen LogP contribution in [0.3, 0.4) is 0 Å². The summed E-state index contributed by atoms with van der Waals surface area (Å²) in [5.74, 6) is 0. The van der Waals surface area contributed by atoms with E-state index in [0.29, 0.717) is 30.5 Å². The van der Waals surface area contributed by atoms with Crippen LogP contribution in [0.4, 0.5) is 0 Å². The molecule has 2 rings (SSSR count). The first kappa shape index (κ1) is 13.0. The van der Waals surface area contributed by atoms with Crippen molar-refractivity contribution in [1.29, 1.82) is 0 Å². The Hall–Kier alpha value is -0.470. The van der Waals surface area contributed by atoms with Crippen molar-refractivity contribution >= 4 is 21.4 Å². The molecule has 0 spiro atoms. The second kappa shape index (κ2) is 5.03. The molecule has 0 bridgehead atoms. The first-order valence-electron chi connectivity index (χ1n) is 5.44. The lowest BCUT2D eigenvalue weighted by Gasteiger charge is -2.31. The van der Waals surface area contributed by atoms with Crippen molar-refractivity contribution in [2.24, 2.45) is 5.73 Å². The molecule has 1 aliphatic heterocycles. The van der Waals surface area contributed by atoms with Crippen molar-refractivity contribution in [3.63, 3.8) is 0 Å². The van der Waals surface area contributed by atoms with Crippen molar-refractivity contribution in [2.75, 3.05) is 19.8 Å². The summed E-state index contributed by atoms with van der Waals surface area (Å²) in [5.41, 5.74) is 5.49. The average Bonchev–Trinajstić information content (AvgIpc) is 2.78.